The first kappa shape index (κ1) is 16.8. The third kappa shape index (κ3) is 3.72. The topological polar surface area (TPSA) is 106 Å². The number of carboxylic acids is 1. The van der Waals surface area contributed by atoms with Crippen molar-refractivity contribution < 1.29 is 15.0 Å². The number of nitriles is 1. The Morgan fingerprint density at radius 3 is 2.68 bits per heavy atom. The van der Waals surface area contributed by atoms with Crippen molar-refractivity contribution >= 4 is 11.7 Å². The highest BCUT2D eigenvalue weighted by Gasteiger charge is 2.16. The highest BCUT2D eigenvalue weighted by atomic mass is 16.4. The van der Waals surface area contributed by atoms with E-state index < -0.39 is 5.97 Å². The maximum absolute atomic E-state index is 11.2. The van der Waals surface area contributed by atoms with Crippen LogP contribution in [0.1, 0.15) is 48.0 Å². The van der Waals surface area contributed by atoms with E-state index in [2.05, 4.69) is 16.4 Å². The van der Waals surface area contributed by atoms with Crippen LogP contribution in [0, 0.1) is 11.3 Å². The summed E-state index contributed by atoms with van der Waals surface area (Å²) < 4.78 is 0. The van der Waals surface area contributed by atoms with Crippen LogP contribution in [0.15, 0.2) is 30.5 Å². The minimum Gasteiger partial charge on any atom is -0.505 e. The van der Waals surface area contributed by atoms with Crippen molar-refractivity contribution in [2.75, 3.05) is 5.32 Å². The summed E-state index contributed by atoms with van der Waals surface area (Å²) in [7, 11) is 0. The van der Waals surface area contributed by atoms with Gasteiger partial charge in [-0.2, -0.15) is 5.26 Å². The molecule has 1 aromatic carbocycles. The first-order valence-corrected chi connectivity index (χ1v) is 8.32. The van der Waals surface area contributed by atoms with Crippen LogP contribution in [-0.2, 0) is 0 Å². The molecule has 1 heterocycles. The van der Waals surface area contributed by atoms with Crippen LogP contribution in [0.5, 0.6) is 5.75 Å². The van der Waals surface area contributed by atoms with E-state index in [-0.39, 0.29) is 11.3 Å². The third-order valence-corrected chi connectivity index (χ3v) is 4.51. The lowest BCUT2D eigenvalue weighted by Gasteiger charge is -2.24. The van der Waals surface area contributed by atoms with E-state index in [0.717, 1.165) is 24.7 Å². The van der Waals surface area contributed by atoms with Crippen LogP contribution in [0.25, 0.3) is 11.3 Å². The molecule has 0 unspecified atom stereocenters. The third-order valence-electron chi connectivity index (χ3n) is 4.51. The number of rotatable bonds is 4. The monoisotopic (exact) mass is 337 g/mol. The van der Waals surface area contributed by atoms with Crippen LogP contribution in [-0.4, -0.2) is 27.2 Å². The van der Waals surface area contributed by atoms with Gasteiger partial charge in [-0.1, -0.05) is 25.3 Å². The standard InChI is InChI=1S/C19H19N3O3/c20-10-13-8-12(17-9-15(19(24)25)18(23)11-21-17)6-7-16(13)22-14-4-2-1-3-5-14/h6-9,11,14,22-23H,1-5H2,(H,24,25). The number of hydrogen-bond donors (Lipinski definition) is 3. The van der Waals surface area contributed by atoms with Gasteiger partial charge in [0.05, 0.1) is 23.1 Å². The summed E-state index contributed by atoms with van der Waals surface area (Å²) in [5.41, 5.74) is 2.10. The first-order valence-electron chi connectivity index (χ1n) is 8.32. The Morgan fingerprint density at radius 1 is 1.24 bits per heavy atom. The molecule has 128 valence electrons. The van der Waals surface area contributed by atoms with E-state index in [0.29, 0.717) is 22.9 Å². The SMILES string of the molecule is N#Cc1cc(-c2cc(C(=O)O)c(O)cn2)ccc1NC1CCCCC1. The Hall–Kier alpha value is -3.07. The van der Waals surface area contributed by atoms with Crippen molar-refractivity contribution in [2.45, 2.75) is 38.1 Å². The fraction of sp³-hybridized carbons (Fsp3) is 0.316. The molecule has 1 aliphatic rings. The van der Waals surface area contributed by atoms with E-state index in [1.165, 1.54) is 25.3 Å². The Labute approximate surface area is 145 Å². The van der Waals surface area contributed by atoms with Gasteiger partial charge in [0.15, 0.2) is 0 Å². The zero-order valence-corrected chi connectivity index (χ0v) is 13.7. The molecule has 1 aromatic heterocycles. The van der Waals surface area contributed by atoms with Gasteiger partial charge >= 0.3 is 5.97 Å². The Kier molecular flexibility index (Phi) is 4.85. The molecule has 0 bridgehead atoms. The number of aromatic carboxylic acids is 1. The molecule has 3 rings (SSSR count). The number of nitrogens with zero attached hydrogens (tertiary/aromatic N) is 2. The summed E-state index contributed by atoms with van der Waals surface area (Å²) >= 11 is 0. The molecule has 0 radical (unpaired) electrons. The number of aromatic hydroxyl groups is 1. The normalized spacial score (nSPS) is 14.7. The molecule has 1 aliphatic carbocycles. The van der Waals surface area contributed by atoms with Gasteiger partial charge in [-0.3, -0.25) is 4.98 Å². The highest BCUT2D eigenvalue weighted by molar-refractivity contribution is 5.92. The van der Waals surface area contributed by atoms with Gasteiger partial charge in [0, 0.05) is 11.6 Å². The second-order valence-corrected chi connectivity index (χ2v) is 6.24. The minimum atomic E-state index is -1.22. The molecule has 0 atom stereocenters. The van der Waals surface area contributed by atoms with Gasteiger partial charge in [-0.15, -0.1) is 0 Å². The van der Waals surface area contributed by atoms with Gasteiger partial charge in [0.2, 0.25) is 0 Å². The van der Waals surface area contributed by atoms with Crippen molar-refractivity contribution in [1.29, 1.82) is 5.26 Å². The number of pyridine rings is 1. The number of benzene rings is 1. The fourth-order valence-electron chi connectivity index (χ4n) is 3.17. The first-order chi connectivity index (χ1) is 12.1. The summed E-state index contributed by atoms with van der Waals surface area (Å²) in [6.07, 6.45) is 6.99. The Balaban J connectivity index is 1.90. The van der Waals surface area contributed by atoms with Gasteiger partial charge in [-0.25, -0.2) is 4.79 Å². The summed E-state index contributed by atoms with van der Waals surface area (Å²) in [5, 5.41) is 31.6. The van der Waals surface area contributed by atoms with Crippen LogP contribution in [0.3, 0.4) is 0 Å². The minimum absolute atomic E-state index is 0.215. The predicted octanol–water partition coefficient (Wildman–Crippen LogP) is 3.77. The number of nitrogens with one attached hydrogen (secondary N) is 1. The fourth-order valence-corrected chi connectivity index (χ4v) is 3.17. The van der Waals surface area contributed by atoms with Gasteiger partial charge < -0.3 is 15.5 Å². The van der Waals surface area contributed by atoms with Crippen molar-refractivity contribution in [3.05, 3.63) is 41.6 Å². The molecule has 0 spiro atoms. The zero-order chi connectivity index (χ0) is 17.8. The molecule has 6 nitrogen and oxygen atoms in total. The number of anilines is 1. The molecule has 1 saturated carbocycles. The predicted molar refractivity (Wildman–Crippen MR) is 93.5 cm³/mol. The molecule has 0 aliphatic heterocycles. The van der Waals surface area contributed by atoms with Crippen LogP contribution >= 0.6 is 0 Å². The summed E-state index contributed by atoms with van der Waals surface area (Å²) in [6.45, 7) is 0. The van der Waals surface area contributed by atoms with E-state index >= 15 is 0 Å². The lowest BCUT2D eigenvalue weighted by atomic mass is 9.95. The average Bonchev–Trinajstić information content (AvgIpc) is 2.63. The quantitative estimate of drug-likeness (QED) is 0.784. The second-order valence-electron chi connectivity index (χ2n) is 6.24. The lowest BCUT2D eigenvalue weighted by Crippen LogP contribution is -2.22. The zero-order valence-electron chi connectivity index (χ0n) is 13.7. The maximum atomic E-state index is 11.2. The van der Waals surface area contributed by atoms with E-state index in [9.17, 15) is 15.2 Å². The van der Waals surface area contributed by atoms with Crippen LogP contribution in [0.2, 0.25) is 0 Å². The molecule has 1 fully saturated rings. The molecule has 0 saturated heterocycles. The van der Waals surface area contributed by atoms with E-state index in [1.54, 1.807) is 12.1 Å². The Bertz CT molecular complexity index is 836. The molecule has 25 heavy (non-hydrogen) atoms. The number of carbonyl (C=O) groups is 1. The molecule has 3 N–H and O–H groups in total. The molecular formula is C19H19N3O3. The lowest BCUT2D eigenvalue weighted by molar-refractivity contribution is 0.0693. The Morgan fingerprint density at radius 2 is 2.00 bits per heavy atom. The highest BCUT2D eigenvalue weighted by Crippen LogP contribution is 2.29. The summed E-state index contributed by atoms with van der Waals surface area (Å²) in [5.74, 6) is -1.61. The van der Waals surface area contributed by atoms with Crippen molar-refractivity contribution in [3.8, 4) is 23.1 Å². The molecular weight excluding hydrogens is 318 g/mol. The number of hydrogen-bond acceptors (Lipinski definition) is 5. The summed E-state index contributed by atoms with van der Waals surface area (Å²) in [6, 6.07) is 9.21. The largest absolute Gasteiger partial charge is 0.505 e. The van der Waals surface area contributed by atoms with Crippen molar-refractivity contribution in [2.24, 2.45) is 0 Å². The average molecular weight is 337 g/mol. The molecule has 0 amide bonds. The number of aromatic nitrogens is 1. The van der Waals surface area contributed by atoms with Crippen molar-refractivity contribution in [1.82, 2.24) is 4.98 Å². The smallest absolute Gasteiger partial charge is 0.339 e. The van der Waals surface area contributed by atoms with E-state index in [1.807, 2.05) is 6.07 Å². The summed E-state index contributed by atoms with van der Waals surface area (Å²) in [4.78, 5) is 15.2. The van der Waals surface area contributed by atoms with E-state index in [4.69, 9.17) is 5.11 Å². The number of carboxylic acid groups (broad SMARTS) is 1. The molecule has 6 heteroatoms. The van der Waals surface area contributed by atoms with Gasteiger partial charge in [-0.05, 0) is 31.0 Å². The van der Waals surface area contributed by atoms with Gasteiger partial charge in [0.25, 0.3) is 0 Å². The van der Waals surface area contributed by atoms with Gasteiger partial charge in [0.1, 0.15) is 17.4 Å². The van der Waals surface area contributed by atoms with Crippen LogP contribution in [0.4, 0.5) is 5.69 Å². The maximum Gasteiger partial charge on any atom is 0.339 e. The second kappa shape index (κ2) is 7.22. The van der Waals surface area contributed by atoms with Crippen molar-refractivity contribution in [3.63, 3.8) is 0 Å². The molecule has 2 aromatic rings. The van der Waals surface area contributed by atoms with Crippen LogP contribution < -0.4 is 5.32 Å².